The van der Waals surface area contributed by atoms with E-state index in [0.29, 0.717) is 25.0 Å². The third-order valence-electron chi connectivity index (χ3n) is 3.32. The molecule has 0 amide bonds. The molecular formula is C15H19NO4S. The van der Waals surface area contributed by atoms with Crippen molar-refractivity contribution < 1.29 is 18.3 Å². The Bertz CT molecular complexity index is 645. The van der Waals surface area contributed by atoms with Gasteiger partial charge in [-0.3, -0.25) is 0 Å². The van der Waals surface area contributed by atoms with Crippen molar-refractivity contribution in [3.05, 3.63) is 29.8 Å². The molecule has 2 unspecified atom stereocenters. The fraction of sp³-hybridized carbons (Fsp3) is 0.467. The van der Waals surface area contributed by atoms with Crippen LogP contribution in [-0.4, -0.2) is 38.9 Å². The van der Waals surface area contributed by atoms with Crippen LogP contribution in [-0.2, 0) is 14.8 Å². The lowest BCUT2D eigenvalue weighted by atomic mass is 10.2. The molecule has 0 bridgehead atoms. The molecule has 2 atom stereocenters. The topological polar surface area (TPSA) is 75.6 Å². The molecule has 0 radical (unpaired) electrons. The van der Waals surface area contributed by atoms with Crippen molar-refractivity contribution in [3.8, 4) is 11.8 Å². The van der Waals surface area contributed by atoms with Crippen LogP contribution in [0.3, 0.4) is 0 Å². The molecule has 0 aromatic heterocycles. The van der Waals surface area contributed by atoms with Crippen LogP contribution in [0.5, 0.6) is 0 Å². The van der Waals surface area contributed by atoms with E-state index in [-0.39, 0.29) is 23.6 Å². The molecule has 1 aliphatic heterocycles. The fourth-order valence-electron chi connectivity index (χ4n) is 2.17. The lowest BCUT2D eigenvalue weighted by Gasteiger charge is -2.16. The SMILES string of the molecule is CC1OCCC1NS(=O)(=O)c1ccccc1C#CCCO. The molecule has 1 aliphatic rings. The van der Waals surface area contributed by atoms with Crippen LogP contribution < -0.4 is 4.72 Å². The maximum atomic E-state index is 12.5. The van der Waals surface area contributed by atoms with Crippen molar-refractivity contribution in [3.63, 3.8) is 0 Å². The molecule has 1 aromatic carbocycles. The highest BCUT2D eigenvalue weighted by molar-refractivity contribution is 7.89. The van der Waals surface area contributed by atoms with Crippen molar-refractivity contribution in [2.45, 2.75) is 36.8 Å². The highest BCUT2D eigenvalue weighted by atomic mass is 32.2. The molecule has 21 heavy (non-hydrogen) atoms. The zero-order valence-corrected chi connectivity index (χ0v) is 12.7. The van der Waals surface area contributed by atoms with Gasteiger partial charge in [-0.15, -0.1) is 0 Å². The summed E-state index contributed by atoms with van der Waals surface area (Å²) in [5, 5.41) is 8.75. The molecule has 1 heterocycles. The Balaban J connectivity index is 2.26. The lowest BCUT2D eigenvalue weighted by molar-refractivity contribution is 0.117. The number of hydrogen-bond acceptors (Lipinski definition) is 4. The van der Waals surface area contributed by atoms with Gasteiger partial charge in [0.25, 0.3) is 0 Å². The first-order valence-electron chi connectivity index (χ1n) is 6.87. The van der Waals surface area contributed by atoms with Crippen molar-refractivity contribution in [1.29, 1.82) is 0 Å². The van der Waals surface area contributed by atoms with Crippen LogP contribution in [0.2, 0.25) is 0 Å². The van der Waals surface area contributed by atoms with Gasteiger partial charge in [-0.1, -0.05) is 24.0 Å². The summed E-state index contributed by atoms with van der Waals surface area (Å²) in [5.74, 6) is 5.55. The van der Waals surface area contributed by atoms with E-state index < -0.39 is 10.0 Å². The summed E-state index contributed by atoms with van der Waals surface area (Å²) in [7, 11) is -3.64. The summed E-state index contributed by atoms with van der Waals surface area (Å²) in [6, 6.07) is 6.39. The van der Waals surface area contributed by atoms with Crippen LogP contribution in [0.15, 0.2) is 29.2 Å². The van der Waals surface area contributed by atoms with E-state index in [1.807, 2.05) is 6.92 Å². The number of benzene rings is 1. The Morgan fingerprint density at radius 3 is 2.86 bits per heavy atom. The van der Waals surface area contributed by atoms with Crippen molar-refractivity contribution >= 4 is 10.0 Å². The standard InChI is InChI=1S/C15H19NO4S/c1-12-14(9-11-20-12)16-21(18,19)15-8-3-2-6-13(15)7-4-5-10-17/h2-3,6,8,12,14,16-17H,5,9-11H2,1H3. The largest absolute Gasteiger partial charge is 0.395 e. The number of aliphatic hydroxyl groups excluding tert-OH is 1. The highest BCUT2D eigenvalue weighted by Crippen LogP contribution is 2.19. The third-order valence-corrected chi connectivity index (χ3v) is 4.87. The second kappa shape index (κ2) is 7.05. The number of hydrogen-bond donors (Lipinski definition) is 2. The van der Waals surface area contributed by atoms with E-state index in [4.69, 9.17) is 9.84 Å². The summed E-state index contributed by atoms with van der Waals surface area (Å²) in [6.07, 6.45) is 0.848. The smallest absolute Gasteiger partial charge is 0.242 e. The molecule has 0 spiro atoms. The predicted molar refractivity (Wildman–Crippen MR) is 79.2 cm³/mol. The second-order valence-electron chi connectivity index (χ2n) is 4.86. The monoisotopic (exact) mass is 309 g/mol. The number of rotatable bonds is 4. The predicted octanol–water partition coefficient (Wildman–Crippen LogP) is 0.876. The normalized spacial score (nSPS) is 21.8. The third kappa shape index (κ3) is 4.05. The van der Waals surface area contributed by atoms with Gasteiger partial charge in [0.1, 0.15) is 0 Å². The van der Waals surface area contributed by atoms with Crippen molar-refractivity contribution in [1.82, 2.24) is 4.72 Å². The zero-order chi connectivity index (χ0) is 15.3. The van der Waals surface area contributed by atoms with E-state index in [0.717, 1.165) is 0 Å². The molecule has 6 heteroatoms. The first kappa shape index (κ1) is 16.0. The van der Waals surface area contributed by atoms with Crippen LogP contribution >= 0.6 is 0 Å². The molecule has 1 fully saturated rings. The molecule has 0 saturated carbocycles. The lowest BCUT2D eigenvalue weighted by Crippen LogP contribution is -2.39. The van der Waals surface area contributed by atoms with E-state index >= 15 is 0 Å². The molecule has 0 aliphatic carbocycles. The van der Waals surface area contributed by atoms with Gasteiger partial charge in [-0.2, -0.15) is 0 Å². The van der Waals surface area contributed by atoms with Gasteiger partial charge in [-0.05, 0) is 25.5 Å². The fourth-order valence-corrected chi connectivity index (χ4v) is 3.67. The van der Waals surface area contributed by atoms with Gasteiger partial charge in [0.2, 0.25) is 10.0 Å². The van der Waals surface area contributed by atoms with E-state index in [1.54, 1.807) is 18.2 Å². The first-order chi connectivity index (χ1) is 10.0. The van der Waals surface area contributed by atoms with Gasteiger partial charge in [0.05, 0.1) is 23.6 Å². The summed E-state index contributed by atoms with van der Waals surface area (Å²) in [5.41, 5.74) is 0.435. The average molecular weight is 309 g/mol. The number of ether oxygens (including phenoxy) is 1. The summed E-state index contributed by atoms with van der Waals surface area (Å²) < 4.78 is 33.1. The van der Waals surface area contributed by atoms with Crippen LogP contribution in [0.25, 0.3) is 0 Å². The maximum Gasteiger partial charge on any atom is 0.242 e. The summed E-state index contributed by atoms with van der Waals surface area (Å²) in [6.45, 7) is 2.37. The van der Waals surface area contributed by atoms with Gasteiger partial charge in [-0.25, -0.2) is 13.1 Å². The van der Waals surface area contributed by atoms with Gasteiger partial charge < -0.3 is 9.84 Å². The van der Waals surface area contributed by atoms with E-state index in [9.17, 15) is 8.42 Å². The van der Waals surface area contributed by atoms with Crippen molar-refractivity contribution in [2.24, 2.45) is 0 Å². The number of nitrogens with one attached hydrogen (secondary N) is 1. The van der Waals surface area contributed by atoms with Gasteiger partial charge in [0, 0.05) is 18.6 Å². The molecular weight excluding hydrogens is 290 g/mol. The molecule has 2 N–H and O–H groups in total. The van der Waals surface area contributed by atoms with Crippen LogP contribution in [0.1, 0.15) is 25.3 Å². The van der Waals surface area contributed by atoms with Crippen LogP contribution in [0, 0.1) is 11.8 Å². The zero-order valence-electron chi connectivity index (χ0n) is 11.9. The Kier molecular flexibility index (Phi) is 5.37. The Morgan fingerprint density at radius 1 is 1.43 bits per heavy atom. The molecule has 1 aromatic rings. The van der Waals surface area contributed by atoms with Crippen LogP contribution in [0.4, 0.5) is 0 Å². The molecule has 2 rings (SSSR count). The minimum atomic E-state index is -3.64. The van der Waals surface area contributed by atoms with E-state index in [1.165, 1.54) is 6.07 Å². The van der Waals surface area contributed by atoms with E-state index in [2.05, 4.69) is 16.6 Å². The second-order valence-corrected chi connectivity index (χ2v) is 6.55. The highest BCUT2D eigenvalue weighted by Gasteiger charge is 2.29. The van der Waals surface area contributed by atoms with Gasteiger partial charge >= 0.3 is 0 Å². The number of aliphatic hydroxyl groups is 1. The average Bonchev–Trinajstić information content (AvgIpc) is 2.84. The number of sulfonamides is 1. The molecule has 1 saturated heterocycles. The Morgan fingerprint density at radius 2 is 2.19 bits per heavy atom. The Labute approximate surface area is 125 Å². The first-order valence-corrected chi connectivity index (χ1v) is 8.35. The maximum absolute atomic E-state index is 12.5. The summed E-state index contributed by atoms with van der Waals surface area (Å²) in [4.78, 5) is 0.162. The molecule has 114 valence electrons. The quantitative estimate of drug-likeness (QED) is 0.810. The molecule has 5 nitrogen and oxygen atoms in total. The van der Waals surface area contributed by atoms with Gasteiger partial charge in [0.15, 0.2) is 0 Å². The minimum Gasteiger partial charge on any atom is -0.395 e. The Hall–Kier alpha value is -1.39. The van der Waals surface area contributed by atoms with Crippen molar-refractivity contribution in [2.75, 3.05) is 13.2 Å². The minimum absolute atomic E-state index is 0.0445. The summed E-state index contributed by atoms with van der Waals surface area (Å²) >= 11 is 0.